The first-order chi connectivity index (χ1) is 19.7. The van der Waals surface area contributed by atoms with Crippen molar-refractivity contribution in [3.63, 3.8) is 0 Å². The fourth-order valence-corrected chi connectivity index (χ4v) is 9.05. The Bertz CT molecular complexity index is 1020. The molecule has 0 spiro atoms. The highest BCUT2D eigenvalue weighted by molar-refractivity contribution is 7.84. The van der Waals surface area contributed by atoms with Crippen LogP contribution in [0.25, 0.3) is 0 Å². The Labute approximate surface area is 251 Å². The number of phenols is 1. The number of fused-ring (bicyclic) bond motifs is 5. The van der Waals surface area contributed by atoms with Crippen LogP contribution in [0, 0.1) is 23.2 Å². The predicted octanol–water partition coefficient (Wildman–Crippen LogP) is 9.32. The lowest BCUT2D eigenvalue weighted by atomic mass is 9.53. The summed E-state index contributed by atoms with van der Waals surface area (Å²) in [5, 5.41) is 20.2. The molecule has 7 atom stereocenters. The van der Waals surface area contributed by atoms with E-state index in [1.165, 1.54) is 43.2 Å². The van der Waals surface area contributed by atoms with E-state index in [1.54, 1.807) is 0 Å². The molecule has 0 bridgehead atoms. The molecule has 2 fully saturated rings. The number of unbranched alkanes of at least 4 members (excludes halogenated alkanes) is 6. The van der Waals surface area contributed by atoms with Crippen LogP contribution in [-0.4, -0.2) is 44.1 Å². The second-order valence-corrected chi connectivity index (χ2v) is 15.0. The van der Waals surface area contributed by atoms with Gasteiger partial charge in [-0.25, -0.2) is 0 Å². The van der Waals surface area contributed by atoms with Crippen LogP contribution in [0.3, 0.4) is 0 Å². The number of aliphatic hydroxyl groups is 1. The van der Waals surface area contributed by atoms with E-state index in [1.807, 2.05) is 12.1 Å². The fraction of sp³-hybridized carbons (Fsp3) is 0.818. The molecule has 42 heavy (non-hydrogen) atoms. The molecule has 0 radical (unpaired) electrons. The summed E-state index contributed by atoms with van der Waals surface area (Å²) in [6.45, 7) is 6.83. The van der Waals surface area contributed by atoms with Crippen molar-refractivity contribution in [2.24, 2.45) is 23.2 Å². The lowest BCUT2D eigenvalue weighted by molar-refractivity contribution is -0.284. The van der Waals surface area contributed by atoms with Crippen molar-refractivity contribution in [3.05, 3.63) is 29.3 Å². The molecule has 2 N–H and O–H groups in total. The van der Waals surface area contributed by atoms with E-state index < -0.39 is 29.3 Å². The zero-order valence-corrected chi connectivity index (χ0v) is 26.3. The maximum atomic E-state index is 12.6. The molecule has 0 aliphatic heterocycles. The maximum absolute atomic E-state index is 12.6. The van der Waals surface area contributed by atoms with Crippen molar-refractivity contribution in [1.82, 2.24) is 0 Å². The summed E-state index contributed by atoms with van der Waals surface area (Å²) >= 11 is 0. The summed E-state index contributed by atoms with van der Waals surface area (Å²) in [4.78, 5) is 0. The molecule has 0 aromatic heterocycles. The van der Waals surface area contributed by atoms with E-state index >= 15 is 0 Å². The molecule has 0 saturated heterocycles. The largest absolute Gasteiger partial charge is 0.508 e. The second-order valence-electron chi connectivity index (χ2n) is 13.3. The van der Waals surface area contributed by atoms with Crippen molar-refractivity contribution in [3.8, 4) is 5.75 Å². The third kappa shape index (κ3) is 8.70. The van der Waals surface area contributed by atoms with Crippen LogP contribution in [0.1, 0.15) is 121 Å². The molecule has 1 aromatic rings. The Kier molecular flexibility index (Phi) is 12.7. The predicted molar refractivity (Wildman–Crippen MR) is 159 cm³/mol. The van der Waals surface area contributed by atoms with Gasteiger partial charge in [-0.15, -0.1) is 0 Å². The first-order valence-corrected chi connectivity index (χ1v) is 17.5. The Balaban J connectivity index is 0.000000230. The standard InChI is InChI=1S/C19H26O2.C14H25F5OS/c1-11-9-12-10-13(20)3-4-14(12)15-7-8-19(2)16(18(11)15)5-6-17(19)21;1-2-3-4-5-6-7-8-11-21(20)12-9-10-13(15,16)14(17,18)19/h3-4,10-11,15-18,20-21H,5-9H2,1-2H3;2-12H2,1H3/t11-,15?,16?,17?,18?,19?;/m1./s1. The quantitative estimate of drug-likeness (QED) is 0.180. The van der Waals surface area contributed by atoms with Gasteiger partial charge in [-0.2, -0.15) is 22.0 Å². The summed E-state index contributed by atoms with van der Waals surface area (Å²) in [5.74, 6) is -1.30. The van der Waals surface area contributed by atoms with Gasteiger partial charge in [0.2, 0.25) is 0 Å². The molecule has 9 heteroatoms. The average Bonchev–Trinajstić information content (AvgIpc) is 3.21. The highest BCUT2D eigenvalue weighted by atomic mass is 32.2. The van der Waals surface area contributed by atoms with Crippen LogP contribution in [0.2, 0.25) is 0 Å². The number of aromatic hydroxyl groups is 1. The van der Waals surface area contributed by atoms with Crippen molar-refractivity contribution in [2.75, 3.05) is 11.5 Å². The third-order valence-electron chi connectivity index (χ3n) is 10.3. The van der Waals surface area contributed by atoms with Crippen LogP contribution < -0.4 is 0 Å². The zero-order valence-electron chi connectivity index (χ0n) is 25.5. The minimum absolute atomic E-state index is 0.0818. The van der Waals surface area contributed by atoms with Gasteiger partial charge in [0.1, 0.15) is 5.75 Å². The molecule has 0 heterocycles. The Hall–Kier alpha value is -1.22. The SMILES string of the molecule is CCCCCCCCCS(=O)CCCC(F)(F)C(F)(F)F.C[C@@H]1Cc2cc(O)ccc2C2CCC3(C)C(O)CCC3C21. The van der Waals surface area contributed by atoms with Crippen LogP contribution in [-0.2, 0) is 17.2 Å². The van der Waals surface area contributed by atoms with Crippen LogP contribution >= 0.6 is 0 Å². The number of aliphatic hydroxyl groups excluding tert-OH is 1. The van der Waals surface area contributed by atoms with Crippen LogP contribution in [0.5, 0.6) is 5.75 Å². The smallest absolute Gasteiger partial charge is 0.453 e. The van der Waals surface area contributed by atoms with Crippen molar-refractivity contribution < 1.29 is 36.4 Å². The van der Waals surface area contributed by atoms with Gasteiger partial charge in [0.05, 0.1) is 6.10 Å². The molecule has 4 rings (SSSR count). The van der Waals surface area contributed by atoms with Crippen LogP contribution in [0.15, 0.2) is 18.2 Å². The summed E-state index contributed by atoms with van der Waals surface area (Å²) in [7, 11) is -1.29. The molecule has 3 aliphatic rings. The summed E-state index contributed by atoms with van der Waals surface area (Å²) < 4.78 is 72.4. The molecular weight excluding hydrogens is 571 g/mol. The molecule has 0 amide bonds. The zero-order chi connectivity index (χ0) is 31.1. The van der Waals surface area contributed by atoms with E-state index in [0.717, 1.165) is 44.9 Å². The molecule has 3 nitrogen and oxygen atoms in total. The summed E-state index contributed by atoms with van der Waals surface area (Å²) in [6, 6.07) is 5.98. The number of rotatable bonds is 12. The van der Waals surface area contributed by atoms with Gasteiger partial charge < -0.3 is 10.2 Å². The number of benzene rings is 1. The molecule has 2 saturated carbocycles. The van der Waals surface area contributed by atoms with Gasteiger partial charge in [0.15, 0.2) is 0 Å². The second kappa shape index (κ2) is 15.2. The van der Waals surface area contributed by atoms with E-state index in [9.17, 15) is 36.4 Å². The van der Waals surface area contributed by atoms with Gasteiger partial charge in [0, 0.05) is 28.7 Å². The Morgan fingerprint density at radius 1 is 0.952 bits per heavy atom. The molecule has 3 aliphatic carbocycles. The average molecular weight is 623 g/mol. The Morgan fingerprint density at radius 3 is 2.26 bits per heavy atom. The van der Waals surface area contributed by atoms with Gasteiger partial charge in [-0.1, -0.05) is 65.4 Å². The van der Waals surface area contributed by atoms with E-state index in [0.29, 0.717) is 35.2 Å². The van der Waals surface area contributed by atoms with Crippen LogP contribution in [0.4, 0.5) is 22.0 Å². The number of hydrogen-bond acceptors (Lipinski definition) is 3. The highest BCUT2D eigenvalue weighted by Crippen LogP contribution is 2.62. The number of alkyl halides is 5. The van der Waals surface area contributed by atoms with Crippen molar-refractivity contribution in [2.45, 2.75) is 135 Å². The molecule has 242 valence electrons. The topological polar surface area (TPSA) is 57.5 Å². The summed E-state index contributed by atoms with van der Waals surface area (Å²) in [5.41, 5.74) is 2.97. The summed E-state index contributed by atoms with van der Waals surface area (Å²) in [6.07, 6.45) is 5.79. The van der Waals surface area contributed by atoms with E-state index in [-0.39, 0.29) is 23.7 Å². The monoisotopic (exact) mass is 622 g/mol. The highest BCUT2D eigenvalue weighted by Gasteiger charge is 2.57. The molecule has 6 unspecified atom stereocenters. The lowest BCUT2D eigenvalue weighted by Crippen LogP contribution is -2.46. The first-order valence-electron chi connectivity index (χ1n) is 16.0. The lowest BCUT2D eigenvalue weighted by Gasteiger charge is -2.52. The van der Waals surface area contributed by atoms with Gasteiger partial charge in [-0.3, -0.25) is 4.21 Å². The minimum Gasteiger partial charge on any atom is -0.508 e. The normalized spacial score (nSPS) is 29.6. The maximum Gasteiger partial charge on any atom is 0.453 e. The van der Waals surface area contributed by atoms with Gasteiger partial charge >= 0.3 is 12.1 Å². The molecule has 1 aromatic carbocycles. The Morgan fingerprint density at radius 2 is 1.60 bits per heavy atom. The fourth-order valence-electron chi connectivity index (χ4n) is 7.86. The number of hydrogen-bond donors (Lipinski definition) is 2. The third-order valence-corrected chi connectivity index (χ3v) is 11.7. The first kappa shape index (κ1) is 35.3. The van der Waals surface area contributed by atoms with Crippen molar-refractivity contribution >= 4 is 10.8 Å². The van der Waals surface area contributed by atoms with E-state index in [4.69, 9.17) is 0 Å². The van der Waals surface area contributed by atoms with Gasteiger partial charge in [-0.05, 0) is 97.3 Å². The minimum atomic E-state index is -5.51. The number of phenolic OH excluding ortho intramolecular Hbond substituents is 1. The molecular formula is C33H51F5O3S. The van der Waals surface area contributed by atoms with Crippen molar-refractivity contribution in [1.29, 1.82) is 0 Å². The number of halogens is 5. The van der Waals surface area contributed by atoms with Gasteiger partial charge in [0.25, 0.3) is 0 Å². The van der Waals surface area contributed by atoms with E-state index in [2.05, 4.69) is 26.8 Å².